The van der Waals surface area contributed by atoms with Crippen LogP contribution in [-0.4, -0.2) is 7.05 Å². The molecule has 3 aromatic rings. The largest absolute Gasteiger partial charge is 0.309 e. The van der Waals surface area contributed by atoms with Crippen LogP contribution in [0.15, 0.2) is 66.7 Å². The number of hydrogen-bond acceptors (Lipinski definition) is 1. The highest BCUT2D eigenvalue weighted by Gasteiger charge is 2.16. The summed E-state index contributed by atoms with van der Waals surface area (Å²) in [6.45, 7) is 0. The van der Waals surface area contributed by atoms with Crippen molar-refractivity contribution in [3.8, 4) is 0 Å². The number of fused-ring (bicyclic) bond motifs is 1. The summed E-state index contributed by atoms with van der Waals surface area (Å²) in [5.41, 5.74) is 2.65. The highest BCUT2D eigenvalue weighted by molar-refractivity contribution is 14.1. The molecule has 1 atom stereocenters. The minimum atomic E-state index is 0.217. The van der Waals surface area contributed by atoms with Gasteiger partial charge in [0, 0.05) is 3.57 Å². The van der Waals surface area contributed by atoms with Crippen LogP contribution in [0, 0.1) is 3.57 Å². The van der Waals surface area contributed by atoms with E-state index in [1.807, 2.05) is 7.05 Å². The molecule has 20 heavy (non-hydrogen) atoms. The summed E-state index contributed by atoms with van der Waals surface area (Å²) in [6.07, 6.45) is 0. The molecule has 0 amide bonds. The van der Waals surface area contributed by atoms with E-state index in [0.29, 0.717) is 0 Å². The maximum atomic E-state index is 3.46. The fourth-order valence-electron chi connectivity index (χ4n) is 2.69. The van der Waals surface area contributed by atoms with E-state index in [0.717, 1.165) is 0 Å². The van der Waals surface area contributed by atoms with Crippen LogP contribution in [0.2, 0.25) is 0 Å². The molecule has 0 aromatic heterocycles. The van der Waals surface area contributed by atoms with Gasteiger partial charge >= 0.3 is 0 Å². The molecule has 1 nitrogen and oxygen atoms in total. The molecule has 3 rings (SSSR count). The molecule has 0 saturated heterocycles. The SMILES string of the molecule is CNC(c1ccccc1I)c1cccc2ccccc12. The number of halogens is 1. The van der Waals surface area contributed by atoms with Crippen LogP contribution in [0.5, 0.6) is 0 Å². The predicted octanol–water partition coefficient (Wildman–Crippen LogP) is 4.75. The van der Waals surface area contributed by atoms with E-state index in [9.17, 15) is 0 Å². The normalized spacial score (nSPS) is 12.5. The number of hydrogen-bond donors (Lipinski definition) is 1. The fourth-order valence-corrected chi connectivity index (χ4v) is 3.39. The van der Waals surface area contributed by atoms with Crippen molar-refractivity contribution in [1.82, 2.24) is 5.32 Å². The van der Waals surface area contributed by atoms with Gasteiger partial charge in [0.1, 0.15) is 0 Å². The lowest BCUT2D eigenvalue weighted by atomic mass is 9.94. The Labute approximate surface area is 133 Å². The van der Waals surface area contributed by atoms with Crippen molar-refractivity contribution in [2.24, 2.45) is 0 Å². The van der Waals surface area contributed by atoms with Gasteiger partial charge in [-0.25, -0.2) is 0 Å². The fraction of sp³-hybridized carbons (Fsp3) is 0.111. The minimum Gasteiger partial charge on any atom is -0.309 e. The second-order valence-electron chi connectivity index (χ2n) is 4.81. The Balaban J connectivity index is 2.20. The Kier molecular flexibility index (Phi) is 4.03. The Bertz CT molecular complexity index is 731. The molecule has 3 aromatic carbocycles. The lowest BCUT2D eigenvalue weighted by molar-refractivity contribution is 0.693. The Morgan fingerprint density at radius 3 is 2.25 bits per heavy atom. The summed E-state index contributed by atoms with van der Waals surface area (Å²) in [5, 5.41) is 6.06. The van der Waals surface area contributed by atoms with Gasteiger partial charge in [0.05, 0.1) is 6.04 Å². The molecule has 0 fully saturated rings. The van der Waals surface area contributed by atoms with Crippen molar-refractivity contribution >= 4 is 33.4 Å². The van der Waals surface area contributed by atoms with Crippen LogP contribution in [0.3, 0.4) is 0 Å². The molecule has 0 spiro atoms. The molecule has 0 aliphatic carbocycles. The van der Waals surface area contributed by atoms with E-state index < -0.39 is 0 Å². The topological polar surface area (TPSA) is 12.0 Å². The summed E-state index contributed by atoms with van der Waals surface area (Å²) in [7, 11) is 2.02. The zero-order valence-electron chi connectivity index (χ0n) is 11.3. The molecule has 0 aliphatic rings. The average molecular weight is 373 g/mol. The molecule has 1 N–H and O–H groups in total. The van der Waals surface area contributed by atoms with Crippen LogP contribution in [0.1, 0.15) is 17.2 Å². The van der Waals surface area contributed by atoms with E-state index >= 15 is 0 Å². The van der Waals surface area contributed by atoms with Crippen LogP contribution >= 0.6 is 22.6 Å². The van der Waals surface area contributed by atoms with Gasteiger partial charge in [-0.2, -0.15) is 0 Å². The van der Waals surface area contributed by atoms with E-state index in [-0.39, 0.29) is 6.04 Å². The minimum absolute atomic E-state index is 0.217. The Hall–Kier alpha value is -1.39. The van der Waals surface area contributed by atoms with Crippen LogP contribution in [-0.2, 0) is 0 Å². The predicted molar refractivity (Wildman–Crippen MR) is 94.0 cm³/mol. The molecule has 2 heteroatoms. The third kappa shape index (κ3) is 2.45. The van der Waals surface area contributed by atoms with Gasteiger partial charge in [0.25, 0.3) is 0 Å². The molecule has 0 aliphatic heterocycles. The van der Waals surface area contributed by atoms with E-state index in [2.05, 4.69) is 94.6 Å². The number of nitrogens with one attached hydrogen (secondary N) is 1. The third-order valence-electron chi connectivity index (χ3n) is 3.64. The van der Waals surface area contributed by atoms with Crippen molar-refractivity contribution in [1.29, 1.82) is 0 Å². The molecule has 1 unspecified atom stereocenters. The van der Waals surface area contributed by atoms with Gasteiger partial charge < -0.3 is 5.32 Å². The van der Waals surface area contributed by atoms with Crippen LogP contribution in [0.25, 0.3) is 10.8 Å². The molecule has 0 saturated carbocycles. The summed E-state index contributed by atoms with van der Waals surface area (Å²) in [6, 6.07) is 23.8. The van der Waals surface area contributed by atoms with Crippen molar-refractivity contribution in [2.75, 3.05) is 7.05 Å². The monoisotopic (exact) mass is 373 g/mol. The molecule has 100 valence electrons. The van der Waals surface area contributed by atoms with Gasteiger partial charge in [0.2, 0.25) is 0 Å². The zero-order chi connectivity index (χ0) is 13.9. The van der Waals surface area contributed by atoms with Gasteiger partial charge in [-0.1, -0.05) is 60.7 Å². The molecular weight excluding hydrogens is 357 g/mol. The van der Waals surface area contributed by atoms with E-state index in [4.69, 9.17) is 0 Å². The summed E-state index contributed by atoms with van der Waals surface area (Å²) < 4.78 is 1.29. The standard InChI is InChI=1S/C18H16IN/c1-20-18(16-10-4-5-12-17(16)19)15-11-6-8-13-7-2-3-9-14(13)15/h2-12,18,20H,1H3. The first-order valence-electron chi connectivity index (χ1n) is 6.70. The zero-order valence-corrected chi connectivity index (χ0v) is 13.5. The van der Waals surface area contributed by atoms with Crippen LogP contribution in [0.4, 0.5) is 0 Å². The lowest BCUT2D eigenvalue weighted by Gasteiger charge is -2.20. The maximum absolute atomic E-state index is 3.46. The maximum Gasteiger partial charge on any atom is 0.0590 e. The van der Waals surface area contributed by atoms with Gasteiger partial charge in [-0.3, -0.25) is 0 Å². The first kappa shape index (κ1) is 13.6. The number of benzene rings is 3. The van der Waals surface area contributed by atoms with Gasteiger partial charge in [-0.05, 0) is 57.6 Å². The lowest BCUT2D eigenvalue weighted by Crippen LogP contribution is -2.19. The van der Waals surface area contributed by atoms with Gasteiger partial charge in [0.15, 0.2) is 0 Å². The highest BCUT2D eigenvalue weighted by atomic mass is 127. The van der Waals surface area contributed by atoms with E-state index in [1.165, 1.54) is 25.5 Å². The summed E-state index contributed by atoms with van der Waals surface area (Å²) >= 11 is 2.41. The Morgan fingerprint density at radius 2 is 1.45 bits per heavy atom. The number of rotatable bonds is 3. The molecule has 0 heterocycles. The molecular formula is C18H16IN. The van der Waals surface area contributed by atoms with Crippen molar-refractivity contribution in [3.63, 3.8) is 0 Å². The van der Waals surface area contributed by atoms with Crippen LogP contribution < -0.4 is 5.32 Å². The van der Waals surface area contributed by atoms with Crippen molar-refractivity contribution < 1.29 is 0 Å². The smallest absolute Gasteiger partial charge is 0.0590 e. The quantitative estimate of drug-likeness (QED) is 0.654. The third-order valence-corrected chi connectivity index (χ3v) is 4.62. The molecule has 0 bridgehead atoms. The second-order valence-corrected chi connectivity index (χ2v) is 5.97. The summed E-state index contributed by atoms with van der Waals surface area (Å²) in [5.74, 6) is 0. The van der Waals surface area contributed by atoms with Crippen molar-refractivity contribution in [3.05, 3.63) is 81.4 Å². The van der Waals surface area contributed by atoms with Crippen molar-refractivity contribution in [2.45, 2.75) is 6.04 Å². The summed E-state index contributed by atoms with van der Waals surface area (Å²) in [4.78, 5) is 0. The van der Waals surface area contributed by atoms with Gasteiger partial charge in [-0.15, -0.1) is 0 Å². The first-order chi connectivity index (χ1) is 9.81. The molecule has 0 radical (unpaired) electrons. The Morgan fingerprint density at radius 1 is 0.800 bits per heavy atom. The van der Waals surface area contributed by atoms with E-state index in [1.54, 1.807) is 0 Å². The average Bonchev–Trinajstić information content (AvgIpc) is 2.50. The second kappa shape index (κ2) is 5.94. The first-order valence-corrected chi connectivity index (χ1v) is 7.78. The highest BCUT2D eigenvalue weighted by Crippen LogP contribution is 2.30.